The highest BCUT2D eigenvalue weighted by atomic mass is 16.5. The molecule has 3 rings (SSSR count). The van der Waals surface area contributed by atoms with E-state index in [2.05, 4.69) is 9.97 Å². The molecule has 112 valence electrons. The molecule has 3 aromatic rings. The van der Waals surface area contributed by atoms with Crippen molar-refractivity contribution >= 4 is 16.8 Å². The summed E-state index contributed by atoms with van der Waals surface area (Å²) in [6.45, 7) is 2.43. The van der Waals surface area contributed by atoms with Gasteiger partial charge in [0.15, 0.2) is 23.4 Å². The molecule has 4 heteroatoms. The first-order chi connectivity index (χ1) is 10.8. The maximum absolute atomic E-state index is 11.8. The van der Waals surface area contributed by atoms with Crippen molar-refractivity contribution < 1.29 is 14.5 Å². The summed E-state index contributed by atoms with van der Waals surface area (Å²) >= 11 is 0. The maximum Gasteiger partial charge on any atom is 0.291 e. The average molecular weight is 295 g/mol. The Balaban J connectivity index is 1.64. The summed E-state index contributed by atoms with van der Waals surface area (Å²) < 4.78 is 5.74. The number of hydrogen-bond acceptors (Lipinski definition) is 2. The van der Waals surface area contributed by atoms with E-state index in [9.17, 15) is 4.79 Å². The quantitative estimate of drug-likeness (QED) is 0.707. The number of ether oxygens (including phenoxy) is 1. The van der Waals surface area contributed by atoms with E-state index >= 15 is 0 Å². The molecule has 22 heavy (non-hydrogen) atoms. The zero-order chi connectivity index (χ0) is 15.4. The largest absolute Gasteiger partial charge is 0.481 e. The highest BCUT2D eigenvalue weighted by Gasteiger charge is 2.10. The van der Waals surface area contributed by atoms with Crippen LogP contribution in [0.2, 0.25) is 0 Å². The van der Waals surface area contributed by atoms with Gasteiger partial charge in [-0.05, 0) is 42.8 Å². The molecule has 0 spiro atoms. The summed E-state index contributed by atoms with van der Waals surface area (Å²) in [6, 6.07) is 15.3. The number of rotatable bonds is 6. The van der Waals surface area contributed by atoms with Gasteiger partial charge in [0.05, 0.1) is 0 Å². The topological polar surface area (TPSA) is 56.2 Å². The van der Waals surface area contributed by atoms with Crippen molar-refractivity contribution in [3.05, 3.63) is 59.9 Å². The molecule has 0 aliphatic rings. The third-order valence-electron chi connectivity index (χ3n) is 3.53. The number of fused-ring (bicyclic) bond motifs is 1. The minimum Gasteiger partial charge on any atom is -0.481 e. The number of carbonyl (C=O) groups excluding carboxylic acids is 1. The minimum atomic E-state index is 0.179. The number of para-hydroxylation sites is 2. The number of hydrogen-bond donors (Lipinski definition) is 1. The van der Waals surface area contributed by atoms with E-state index in [4.69, 9.17) is 4.74 Å². The molecule has 0 saturated carbocycles. The van der Waals surface area contributed by atoms with Crippen LogP contribution in [0.5, 0.6) is 5.75 Å². The Bertz CT molecular complexity index is 742. The molecule has 0 radical (unpaired) electrons. The Morgan fingerprint density at radius 2 is 1.91 bits per heavy atom. The zero-order valence-electron chi connectivity index (χ0n) is 12.6. The van der Waals surface area contributed by atoms with Crippen LogP contribution in [0.1, 0.15) is 35.9 Å². The first-order valence-electron chi connectivity index (χ1n) is 7.51. The van der Waals surface area contributed by atoms with Gasteiger partial charge in [-0.25, -0.2) is 9.97 Å². The van der Waals surface area contributed by atoms with Crippen molar-refractivity contribution in [3.63, 3.8) is 0 Å². The van der Waals surface area contributed by atoms with E-state index in [1.165, 1.54) is 0 Å². The van der Waals surface area contributed by atoms with Crippen LogP contribution in [0.15, 0.2) is 48.5 Å². The fraction of sp³-hybridized carbons (Fsp3) is 0.222. The molecule has 0 atom stereocenters. The second-order valence-electron chi connectivity index (χ2n) is 5.26. The van der Waals surface area contributed by atoms with Gasteiger partial charge in [-0.2, -0.15) is 0 Å². The predicted octanol–water partition coefficient (Wildman–Crippen LogP) is 3.54. The van der Waals surface area contributed by atoms with Crippen molar-refractivity contribution in [2.24, 2.45) is 0 Å². The van der Waals surface area contributed by atoms with E-state index in [1.54, 1.807) is 0 Å². The number of aromatic amines is 2. The number of H-pyrrole nitrogens is 2. The number of ketones is 1. The summed E-state index contributed by atoms with van der Waals surface area (Å²) in [5.41, 5.74) is 2.86. The van der Waals surface area contributed by atoms with Crippen molar-refractivity contribution in [1.29, 1.82) is 0 Å². The highest BCUT2D eigenvalue weighted by molar-refractivity contribution is 5.96. The van der Waals surface area contributed by atoms with Gasteiger partial charge in [0.1, 0.15) is 5.75 Å². The van der Waals surface area contributed by atoms with Crippen molar-refractivity contribution in [1.82, 2.24) is 4.98 Å². The number of benzene rings is 2. The molecular formula is C18H19N2O2+. The first-order valence-corrected chi connectivity index (χ1v) is 7.51. The molecule has 0 bridgehead atoms. The number of Topliss-reactive ketones (excluding diaryl/α,β-unsaturated/α-hetero) is 1. The Morgan fingerprint density at radius 3 is 2.64 bits per heavy atom. The lowest BCUT2D eigenvalue weighted by molar-refractivity contribution is -0.362. The van der Waals surface area contributed by atoms with E-state index in [-0.39, 0.29) is 5.78 Å². The molecule has 0 aliphatic heterocycles. The van der Waals surface area contributed by atoms with Gasteiger partial charge < -0.3 is 4.74 Å². The summed E-state index contributed by atoms with van der Waals surface area (Å²) in [6.07, 6.45) is 1.46. The monoisotopic (exact) mass is 295 g/mol. The van der Waals surface area contributed by atoms with Gasteiger partial charge in [-0.15, -0.1) is 0 Å². The van der Waals surface area contributed by atoms with Crippen molar-refractivity contribution in [2.75, 3.05) is 0 Å². The summed E-state index contributed by atoms with van der Waals surface area (Å²) in [5, 5.41) is 0. The Kier molecular flexibility index (Phi) is 4.19. The zero-order valence-corrected chi connectivity index (χ0v) is 12.6. The van der Waals surface area contributed by atoms with E-state index in [0.717, 1.165) is 34.6 Å². The van der Waals surface area contributed by atoms with Gasteiger partial charge in [0.2, 0.25) is 0 Å². The Morgan fingerprint density at radius 1 is 1.14 bits per heavy atom. The second kappa shape index (κ2) is 6.43. The fourth-order valence-corrected chi connectivity index (χ4v) is 2.39. The number of imidazole rings is 1. The standard InChI is InChI=1S/C18H18N2O2/c1-2-5-17(21)13-8-10-14(11-9-13)22-12-18-19-15-6-3-4-7-16(15)20-18/h3-4,6-11H,2,5,12H2,1H3,(H,19,20)/p+1. The summed E-state index contributed by atoms with van der Waals surface area (Å²) in [7, 11) is 0. The average Bonchev–Trinajstić information content (AvgIpc) is 2.96. The molecule has 0 saturated heterocycles. The molecule has 1 heterocycles. The number of carbonyl (C=O) groups is 1. The van der Waals surface area contributed by atoms with Crippen LogP contribution in [0.4, 0.5) is 0 Å². The molecular weight excluding hydrogens is 276 g/mol. The third kappa shape index (κ3) is 3.17. The molecule has 0 aliphatic carbocycles. The van der Waals surface area contributed by atoms with Crippen LogP contribution >= 0.6 is 0 Å². The lowest BCUT2D eigenvalue weighted by atomic mass is 10.1. The van der Waals surface area contributed by atoms with E-state index in [1.807, 2.05) is 55.5 Å². The van der Waals surface area contributed by atoms with Gasteiger partial charge in [-0.3, -0.25) is 4.79 Å². The van der Waals surface area contributed by atoms with Gasteiger partial charge >= 0.3 is 0 Å². The van der Waals surface area contributed by atoms with Gasteiger partial charge in [0.25, 0.3) is 5.82 Å². The van der Waals surface area contributed by atoms with Crippen LogP contribution in [0, 0.1) is 0 Å². The van der Waals surface area contributed by atoms with Crippen LogP contribution in [0.25, 0.3) is 11.0 Å². The molecule has 2 aromatic carbocycles. The second-order valence-corrected chi connectivity index (χ2v) is 5.26. The molecule has 0 unspecified atom stereocenters. The Hall–Kier alpha value is -2.62. The van der Waals surface area contributed by atoms with Crippen LogP contribution in [-0.4, -0.2) is 10.8 Å². The highest BCUT2D eigenvalue weighted by Crippen LogP contribution is 2.15. The van der Waals surface area contributed by atoms with E-state index in [0.29, 0.717) is 13.0 Å². The van der Waals surface area contributed by atoms with Gasteiger partial charge in [-0.1, -0.05) is 19.1 Å². The lowest BCUT2D eigenvalue weighted by Crippen LogP contribution is -2.10. The SMILES string of the molecule is CCCC(=O)c1ccc(OCc2[nH]c3ccccc3[nH+]2)cc1. The molecule has 1 aromatic heterocycles. The normalized spacial score (nSPS) is 10.8. The maximum atomic E-state index is 11.8. The minimum absolute atomic E-state index is 0.179. The van der Waals surface area contributed by atoms with Crippen molar-refractivity contribution in [3.8, 4) is 5.75 Å². The number of aromatic nitrogens is 2. The van der Waals surface area contributed by atoms with Crippen LogP contribution < -0.4 is 9.72 Å². The summed E-state index contributed by atoms with van der Waals surface area (Å²) in [5.74, 6) is 1.84. The van der Waals surface area contributed by atoms with Crippen LogP contribution in [0.3, 0.4) is 0 Å². The van der Waals surface area contributed by atoms with E-state index < -0.39 is 0 Å². The molecule has 0 fully saturated rings. The van der Waals surface area contributed by atoms with Crippen LogP contribution in [-0.2, 0) is 6.61 Å². The third-order valence-corrected chi connectivity index (χ3v) is 3.53. The van der Waals surface area contributed by atoms with Crippen molar-refractivity contribution in [2.45, 2.75) is 26.4 Å². The smallest absolute Gasteiger partial charge is 0.291 e. The lowest BCUT2D eigenvalue weighted by Gasteiger charge is -2.04. The first kappa shape index (κ1) is 14.3. The van der Waals surface area contributed by atoms with Gasteiger partial charge in [0, 0.05) is 12.0 Å². The molecule has 0 amide bonds. The Labute approximate surface area is 129 Å². The predicted molar refractivity (Wildman–Crippen MR) is 84.9 cm³/mol. The molecule has 2 N–H and O–H groups in total. The number of nitrogens with one attached hydrogen (secondary N) is 2. The fourth-order valence-electron chi connectivity index (χ4n) is 2.39. The summed E-state index contributed by atoms with van der Waals surface area (Å²) in [4.78, 5) is 18.3. The molecule has 4 nitrogen and oxygen atoms in total.